The van der Waals surface area contributed by atoms with E-state index in [4.69, 9.17) is 10.5 Å². The maximum absolute atomic E-state index is 11.5. The Morgan fingerprint density at radius 2 is 2.08 bits per heavy atom. The van der Waals surface area contributed by atoms with Gasteiger partial charge in [0.2, 0.25) is 0 Å². The van der Waals surface area contributed by atoms with Gasteiger partial charge in [0.05, 0.1) is 7.11 Å². The maximum atomic E-state index is 11.5. The van der Waals surface area contributed by atoms with Crippen molar-refractivity contribution in [3.05, 3.63) is 0 Å². The average molecular weight is 185 g/mol. The van der Waals surface area contributed by atoms with Crippen molar-refractivity contribution in [3.8, 4) is 0 Å². The first-order valence-corrected chi connectivity index (χ1v) is 5.02. The molecule has 13 heavy (non-hydrogen) atoms. The van der Waals surface area contributed by atoms with Crippen LogP contribution in [0.25, 0.3) is 0 Å². The molecule has 76 valence electrons. The minimum atomic E-state index is -0.731. The number of hydrogen-bond acceptors (Lipinski definition) is 3. The van der Waals surface area contributed by atoms with Crippen molar-refractivity contribution in [2.45, 2.75) is 44.6 Å². The zero-order valence-electron chi connectivity index (χ0n) is 8.51. The molecule has 0 spiro atoms. The molecular formula is C10H19NO2. The third-order valence-electron chi connectivity index (χ3n) is 3.23. The van der Waals surface area contributed by atoms with Crippen LogP contribution in [-0.2, 0) is 9.53 Å². The first-order valence-electron chi connectivity index (χ1n) is 5.02. The van der Waals surface area contributed by atoms with Crippen molar-refractivity contribution in [3.63, 3.8) is 0 Å². The molecule has 1 rings (SSSR count). The molecule has 0 saturated heterocycles. The van der Waals surface area contributed by atoms with Gasteiger partial charge in [-0.1, -0.05) is 19.8 Å². The van der Waals surface area contributed by atoms with Gasteiger partial charge in [-0.2, -0.15) is 0 Å². The zero-order valence-corrected chi connectivity index (χ0v) is 8.51. The summed E-state index contributed by atoms with van der Waals surface area (Å²) in [6.45, 7) is 1.95. The minimum absolute atomic E-state index is 0.248. The molecular weight excluding hydrogens is 166 g/mol. The summed E-state index contributed by atoms with van der Waals surface area (Å²) in [5.74, 6) is 0.0758. The summed E-state index contributed by atoms with van der Waals surface area (Å²) in [6, 6.07) is 0. The van der Waals surface area contributed by atoms with Crippen LogP contribution < -0.4 is 5.73 Å². The Morgan fingerprint density at radius 1 is 1.54 bits per heavy atom. The number of nitrogens with two attached hydrogens (primary N) is 1. The van der Waals surface area contributed by atoms with E-state index in [9.17, 15) is 4.79 Å². The van der Waals surface area contributed by atoms with Crippen LogP contribution in [0, 0.1) is 5.92 Å². The van der Waals surface area contributed by atoms with E-state index in [2.05, 4.69) is 0 Å². The van der Waals surface area contributed by atoms with Gasteiger partial charge in [-0.25, -0.2) is 0 Å². The van der Waals surface area contributed by atoms with E-state index in [-0.39, 0.29) is 5.97 Å². The maximum Gasteiger partial charge on any atom is 0.326 e. The lowest BCUT2D eigenvalue weighted by Crippen LogP contribution is -2.53. The Balaban J connectivity index is 2.72. The lowest BCUT2D eigenvalue weighted by Gasteiger charge is -2.31. The summed E-state index contributed by atoms with van der Waals surface area (Å²) in [6.07, 6.45) is 5.20. The van der Waals surface area contributed by atoms with Crippen molar-refractivity contribution in [1.82, 2.24) is 0 Å². The zero-order chi connectivity index (χ0) is 9.90. The van der Waals surface area contributed by atoms with Crippen LogP contribution in [0.3, 0.4) is 0 Å². The molecule has 3 nitrogen and oxygen atoms in total. The molecule has 2 N–H and O–H groups in total. The molecule has 0 bridgehead atoms. The second-order valence-corrected chi connectivity index (χ2v) is 3.87. The Hall–Kier alpha value is -0.570. The molecule has 0 aromatic rings. The Labute approximate surface area is 79.6 Å². The molecule has 0 aromatic heterocycles. The fraction of sp³-hybridized carbons (Fsp3) is 0.900. The fourth-order valence-electron chi connectivity index (χ4n) is 2.23. The first-order chi connectivity index (χ1) is 6.15. The summed E-state index contributed by atoms with van der Waals surface area (Å²) < 4.78 is 4.75. The van der Waals surface area contributed by atoms with Crippen LogP contribution in [0.4, 0.5) is 0 Å². The van der Waals surface area contributed by atoms with E-state index in [1.807, 2.05) is 6.92 Å². The summed E-state index contributed by atoms with van der Waals surface area (Å²) in [4.78, 5) is 11.5. The Morgan fingerprint density at radius 3 is 2.46 bits per heavy atom. The van der Waals surface area contributed by atoms with E-state index in [1.54, 1.807) is 0 Å². The molecule has 0 heterocycles. The molecule has 1 saturated carbocycles. The molecule has 1 unspecified atom stereocenters. The van der Waals surface area contributed by atoms with E-state index >= 15 is 0 Å². The molecule has 1 atom stereocenters. The summed E-state index contributed by atoms with van der Waals surface area (Å²) >= 11 is 0. The molecule has 1 aliphatic carbocycles. The Kier molecular flexibility index (Phi) is 3.31. The third kappa shape index (κ3) is 1.85. The number of methoxy groups -OCH3 is 1. The van der Waals surface area contributed by atoms with Crippen LogP contribution in [0.5, 0.6) is 0 Å². The van der Waals surface area contributed by atoms with Crippen molar-refractivity contribution in [1.29, 1.82) is 0 Å². The lowest BCUT2D eigenvalue weighted by molar-refractivity contribution is -0.149. The minimum Gasteiger partial charge on any atom is -0.468 e. The van der Waals surface area contributed by atoms with E-state index in [0.717, 1.165) is 12.8 Å². The largest absolute Gasteiger partial charge is 0.468 e. The highest BCUT2D eigenvalue weighted by Crippen LogP contribution is 2.35. The third-order valence-corrected chi connectivity index (χ3v) is 3.23. The van der Waals surface area contributed by atoms with Gasteiger partial charge in [0.1, 0.15) is 5.54 Å². The summed E-state index contributed by atoms with van der Waals surface area (Å²) in [5.41, 5.74) is 5.35. The van der Waals surface area contributed by atoms with Crippen LogP contribution in [-0.4, -0.2) is 18.6 Å². The second kappa shape index (κ2) is 4.09. The standard InChI is InChI=1S/C10H19NO2/c1-3-10(11,9(12)13-2)8-6-4-5-7-8/h8H,3-7,11H2,1-2H3. The van der Waals surface area contributed by atoms with Gasteiger partial charge in [0.25, 0.3) is 0 Å². The van der Waals surface area contributed by atoms with Gasteiger partial charge in [-0.05, 0) is 25.2 Å². The van der Waals surface area contributed by atoms with Gasteiger partial charge in [0.15, 0.2) is 0 Å². The number of esters is 1. The molecule has 0 amide bonds. The van der Waals surface area contributed by atoms with Gasteiger partial charge in [0, 0.05) is 0 Å². The number of ether oxygens (including phenoxy) is 1. The quantitative estimate of drug-likeness (QED) is 0.677. The monoisotopic (exact) mass is 185 g/mol. The Bertz CT molecular complexity index is 187. The second-order valence-electron chi connectivity index (χ2n) is 3.87. The summed E-state index contributed by atoms with van der Waals surface area (Å²) in [7, 11) is 1.41. The van der Waals surface area contributed by atoms with E-state index < -0.39 is 5.54 Å². The summed E-state index contributed by atoms with van der Waals surface area (Å²) in [5, 5.41) is 0. The predicted molar refractivity (Wildman–Crippen MR) is 51.2 cm³/mol. The smallest absolute Gasteiger partial charge is 0.326 e. The van der Waals surface area contributed by atoms with Gasteiger partial charge in [-0.15, -0.1) is 0 Å². The van der Waals surface area contributed by atoms with Gasteiger partial charge in [-0.3, -0.25) is 4.79 Å². The van der Waals surface area contributed by atoms with Gasteiger partial charge < -0.3 is 10.5 Å². The van der Waals surface area contributed by atoms with Crippen LogP contribution in [0.2, 0.25) is 0 Å². The van der Waals surface area contributed by atoms with Crippen molar-refractivity contribution < 1.29 is 9.53 Å². The number of carbonyl (C=O) groups excluding carboxylic acids is 1. The topological polar surface area (TPSA) is 52.3 Å². The first kappa shape index (κ1) is 10.5. The van der Waals surface area contributed by atoms with Crippen LogP contribution in [0.1, 0.15) is 39.0 Å². The number of carbonyl (C=O) groups is 1. The van der Waals surface area contributed by atoms with E-state index in [0.29, 0.717) is 12.3 Å². The normalized spacial score (nSPS) is 22.7. The van der Waals surface area contributed by atoms with Crippen molar-refractivity contribution in [2.24, 2.45) is 11.7 Å². The average Bonchev–Trinajstić information content (AvgIpc) is 2.68. The molecule has 0 aliphatic heterocycles. The molecule has 1 fully saturated rings. The van der Waals surface area contributed by atoms with Crippen LogP contribution in [0.15, 0.2) is 0 Å². The highest BCUT2D eigenvalue weighted by Gasteiger charge is 2.42. The SMILES string of the molecule is CCC(N)(C(=O)OC)C1CCCC1. The van der Waals surface area contributed by atoms with Crippen molar-refractivity contribution in [2.75, 3.05) is 7.11 Å². The molecule has 3 heteroatoms. The molecule has 0 aromatic carbocycles. The lowest BCUT2D eigenvalue weighted by atomic mass is 9.81. The molecule has 0 radical (unpaired) electrons. The highest BCUT2D eigenvalue weighted by molar-refractivity contribution is 5.80. The highest BCUT2D eigenvalue weighted by atomic mass is 16.5. The molecule has 1 aliphatic rings. The number of hydrogen-bond donors (Lipinski definition) is 1. The fourth-order valence-corrected chi connectivity index (χ4v) is 2.23. The predicted octanol–water partition coefficient (Wildman–Crippen LogP) is 1.46. The van der Waals surface area contributed by atoms with Gasteiger partial charge >= 0.3 is 5.97 Å². The van der Waals surface area contributed by atoms with E-state index in [1.165, 1.54) is 20.0 Å². The number of rotatable bonds is 3. The van der Waals surface area contributed by atoms with Crippen molar-refractivity contribution >= 4 is 5.97 Å². The van der Waals surface area contributed by atoms with Crippen LogP contribution >= 0.6 is 0 Å².